The van der Waals surface area contributed by atoms with Crippen LogP contribution in [-0.2, 0) is 11.3 Å². The van der Waals surface area contributed by atoms with Crippen molar-refractivity contribution >= 4 is 5.82 Å². The zero-order valence-corrected chi connectivity index (χ0v) is 15.0. The average Bonchev–Trinajstić information content (AvgIpc) is 3.05. The predicted molar refractivity (Wildman–Crippen MR) is 98.7 cm³/mol. The van der Waals surface area contributed by atoms with Gasteiger partial charge in [0.25, 0.3) is 0 Å². The molecule has 2 aliphatic heterocycles. The number of benzene rings is 1. The Labute approximate surface area is 149 Å². The quantitative estimate of drug-likeness (QED) is 0.857. The van der Waals surface area contributed by atoms with Crippen LogP contribution in [0.25, 0.3) is 0 Å². The molecule has 5 nitrogen and oxygen atoms in total. The molecule has 0 radical (unpaired) electrons. The van der Waals surface area contributed by atoms with Gasteiger partial charge >= 0.3 is 0 Å². The smallest absolute Gasteiger partial charge is 0.147 e. The molecule has 132 valence electrons. The van der Waals surface area contributed by atoms with Crippen molar-refractivity contribution in [2.75, 3.05) is 31.1 Å². The molecule has 2 aliphatic rings. The summed E-state index contributed by atoms with van der Waals surface area (Å²) in [6.45, 7) is 9.08. The Morgan fingerprint density at radius 3 is 2.72 bits per heavy atom. The Kier molecular flexibility index (Phi) is 4.68. The van der Waals surface area contributed by atoms with Gasteiger partial charge in [-0.05, 0) is 17.0 Å². The molecule has 5 heteroatoms. The van der Waals surface area contributed by atoms with E-state index in [0.717, 1.165) is 38.6 Å². The average molecular weight is 338 g/mol. The highest BCUT2D eigenvalue weighted by atomic mass is 16.5. The number of anilines is 1. The lowest BCUT2D eigenvalue weighted by atomic mass is 10.0. The van der Waals surface area contributed by atoms with Crippen LogP contribution >= 0.6 is 0 Å². The highest BCUT2D eigenvalue weighted by Crippen LogP contribution is 2.27. The Bertz CT molecular complexity index is 689. The molecule has 2 aromatic rings. The van der Waals surface area contributed by atoms with Crippen molar-refractivity contribution in [3.8, 4) is 0 Å². The van der Waals surface area contributed by atoms with Gasteiger partial charge in [-0.3, -0.25) is 9.88 Å². The van der Waals surface area contributed by atoms with Crippen LogP contribution in [-0.4, -0.2) is 53.3 Å². The second-order valence-electron chi connectivity index (χ2n) is 7.32. The third-order valence-electron chi connectivity index (χ3n) is 5.27. The van der Waals surface area contributed by atoms with Gasteiger partial charge in [0.15, 0.2) is 0 Å². The molecule has 0 amide bonds. The summed E-state index contributed by atoms with van der Waals surface area (Å²) >= 11 is 0. The third-order valence-corrected chi connectivity index (χ3v) is 5.27. The maximum atomic E-state index is 6.04. The van der Waals surface area contributed by atoms with Crippen LogP contribution in [0.3, 0.4) is 0 Å². The minimum Gasteiger partial charge on any atom is -0.373 e. The largest absolute Gasteiger partial charge is 0.373 e. The van der Waals surface area contributed by atoms with Gasteiger partial charge in [0.05, 0.1) is 24.9 Å². The monoisotopic (exact) mass is 338 g/mol. The molecule has 3 heterocycles. The fraction of sp³-hybridized carbons (Fsp3) is 0.500. The first-order valence-electron chi connectivity index (χ1n) is 9.16. The molecule has 4 rings (SSSR count). The minimum absolute atomic E-state index is 0.255. The molecular weight excluding hydrogens is 312 g/mol. The van der Waals surface area contributed by atoms with Crippen molar-refractivity contribution in [3.63, 3.8) is 0 Å². The summed E-state index contributed by atoms with van der Waals surface area (Å²) < 4.78 is 6.04. The summed E-state index contributed by atoms with van der Waals surface area (Å²) in [6.07, 6.45) is 5.60. The number of nitrogens with zero attached hydrogens (tertiary/aromatic N) is 4. The number of morpholine rings is 1. The second-order valence-corrected chi connectivity index (χ2v) is 7.32. The van der Waals surface area contributed by atoms with Gasteiger partial charge in [0, 0.05) is 38.6 Å². The van der Waals surface area contributed by atoms with E-state index in [1.165, 1.54) is 11.1 Å². The van der Waals surface area contributed by atoms with Gasteiger partial charge in [-0.1, -0.05) is 38.1 Å². The van der Waals surface area contributed by atoms with Crippen molar-refractivity contribution in [3.05, 3.63) is 54.0 Å². The first kappa shape index (κ1) is 16.5. The molecule has 1 aromatic heterocycles. The molecule has 0 saturated carbocycles. The third kappa shape index (κ3) is 3.53. The highest BCUT2D eigenvalue weighted by molar-refractivity contribution is 5.39. The number of rotatable bonds is 4. The lowest BCUT2D eigenvalue weighted by Crippen LogP contribution is -2.51. The maximum absolute atomic E-state index is 6.04. The van der Waals surface area contributed by atoms with Crippen LogP contribution in [0.5, 0.6) is 0 Å². The molecule has 0 N–H and O–H groups in total. The van der Waals surface area contributed by atoms with Crippen LogP contribution in [0.1, 0.15) is 30.9 Å². The van der Waals surface area contributed by atoms with E-state index >= 15 is 0 Å². The van der Waals surface area contributed by atoms with E-state index in [1.54, 1.807) is 12.4 Å². The Hall–Kier alpha value is -1.98. The fourth-order valence-corrected chi connectivity index (χ4v) is 3.88. The molecule has 25 heavy (non-hydrogen) atoms. The summed E-state index contributed by atoms with van der Waals surface area (Å²) in [7, 11) is 0. The van der Waals surface area contributed by atoms with Crippen molar-refractivity contribution in [2.45, 2.75) is 38.5 Å². The Morgan fingerprint density at radius 1 is 1.16 bits per heavy atom. The standard InChI is InChI=1S/C20H26N4O/c1-15(2)17-5-3-16(4-6-17)12-23-13-18-19(14-23)25-10-9-24(18)20-11-21-7-8-22-20/h3-8,11,15,18-19H,9-10,12-14H2,1-2H3/t18-,19+/m1/s1. The van der Waals surface area contributed by atoms with Gasteiger partial charge in [-0.2, -0.15) is 0 Å². The number of ether oxygens (including phenoxy) is 1. The van der Waals surface area contributed by atoms with E-state index in [4.69, 9.17) is 4.74 Å². The van der Waals surface area contributed by atoms with Gasteiger partial charge in [-0.25, -0.2) is 4.98 Å². The second kappa shape index (κ2) is 7.10. The lowest BCUT2D eigenvalue weighted by Gasteiger charge is -2.37. The lowest BCUT2D eigenvalue weighted by molar-refractivity contribution is 0.0303. The van der Waals surface area contributed by atoms with E-state index < -0.39 is 0 Å². The maximum Gasteiger partial charge on any atom is 0.147 e. The number of fused-ring (bicyclic) bond motifs is 1. The molecule has 1 aromatic carbocycles. The molecule has 0 bridgehead atoms. The zero-order chi connectivity index (χ0) is 17.2. The van der Waals surface area contributed by atoms with Crippen molar-refractivity contribution < 1.29 is 4.74 Å². The topological polar surface area (TPSA) is 41.5 Å². The number of aromatic nitrogens is 2. The van der Waals surface area contributed by atoms with E-state index in [0.29, 0.717) is 12.0 Å². The van der Waals surface area contributed by atoms with Crippen LogP contribution in [0.2, 0.25) is 0 Å². The molecule has 2 saturated heterocycles. The fourth-order valence-electron chi connectivity index (χ4n) is 3.88. The number of hydrogen-bond donors (Lipinski definition) is 0. The van der Waals surface area contributed by atoms with Gasteiger partial charge in [-0.15, -0.1) is 0 Å². The minimum atomic E-state index is 0.255. The van der Waals surface area contributed by atoms with Gasteiger partial charge in [0.2, 0.25) is 0 Å². The molecule has 0 spiro atoms. The predicted octanol–water partition coefficient (Wildman–Crippen LogP) is 2.69. The number of likely N-dealkylation sites (tertiary alicyclic amines) is 1. The molecular formula is C20H26N4O. The summed E-state index contributed by atoms with van der Waals surface area (Å²) in [5.74, 6) is 1.54. The van der Waals surface area contributed by atoms with Crippen LogP contribution in [0, 0.1) is 0 Å². The normalized spacial score (nSPS) is 23.9. The molecule has 2 fully saturated rings. The van der Waals surface area contributed by atoms with Crippen LogP contribution in [0.4, 0.5) is 5.82 Å². The van der Waals surface area contributed by atoms with Crippen molar-refractivity contribution in [2.24, 2.45) is 0 Å². The molecule has 2 atom stereocenters. The summed E-state index contributed by atoms with van der Waals surface area (Å²) in [5, 5.41) is 0. The molecule has 0 unspecified atom stereocenters. The van der Waals surface area contributed by atoms with Crippen LogP contribution in [0.15, 0.2) is 42.9 Å². The van der Waals surface area contributed by atoms with E-state index in [2.05, 4.69) is 57.9 Å². The summed E-state index contributed by atoms with van der Waals surface area (Å²) in [5.41, 5.74) is 2.77. The summed E-state index contributed by atoms with van der Waals surface area (Å²) in [6, 6.07) is 9.40. The highest BCUT2D eigenvalue weighted by Gasteiger charge is 2.40. The zero-order valence-electron chi connectivity index (χ0n) is 15.0. The Morgan fingerprint density at radius 2 is 2.00 bits per heavy atom. The molecule has 0 aliphatic carbocycles. The van der Waals surface area contributed by atoms with Crippen molar-refractivity contribution in [1.82, 2.24) is 14.9 Å². The van der Waals surface area contributed by atoms with Crippen molar-refractivity contribution in [1.29, 1.82) is 0 Å². The van der Waals surface area contributed by atoms with E-state index in [1.807, 2.05) is 6.20 Å². The summed E-state index contributed by atoms with van der Waals surface area (Å²) in [4.78, 5) is 13.6. The van der Waals surface area contributed by atoms with E-state index in [-0.39, 0.29) is 6.10 Å². The van der Waals surface area contributed by atoms with Gasteiger partial charge in [0.1, 0.15) is 5.82 Å². The Balaban J connectivity index is 1.44. The number of hydrogen-bond acceptors (Lipinski definition) is 5. The van der Waals surface area contributed by atoms with E-state index in [9.17, 15) is 0 Å². The SMILES string of the molecule is CC(C)c1ccc(CN2C[C@@H]3OCCN(c4cnccn4)[C@@H]3C2)cc1. The first-order valence-corrected chi connectivity index (χ1v) is 9.16. The van der Waals surface area contributed by atoms with Crippen LogP contribution < -0.4 is 4.90 Å². The van der Waals surface area contributed by atoms with Gasteiger partial charge < -0.3 is 9.64 Å². The first-order chi connectivity index (χ1) is 12.2.